The lowest BCUT2D eigenvalue weighted by molar-refractivity contribution is -0.133. The summed E-state index contributed by atoms with van der Waals surface area (Å²) in [4.78, 5) is 26.5. The van der Waals surface area contributed by atoms with Crippen LogP contribution in [0.2, 0.25) is 0 Å². The summed E-state index contributed by atoms with van der Waals surface area (Å²) in [5, 5.41) is 2.88. The highest BCUT2D eigenvalue weighted by Crippen LogP contribution is 2.27. The highest BCUT2D eigenvalue weighted by atomic mass is 16.5. The molecule has 1 atom stereocenters. The Morgan fingerprint density at radius 3 is 2.91 bits per heavy atom. The number of carbonyl (C=O) groups is 2. The zero-order valence-corrected chi connectivity index (χ0v) is 19.2. The van der Waals surface area contributed by atoms with E-state index in [9.17, 15) is 9.59 Å². The van der Waals surface area contributed by atoms with E-state index in [0.29, 0.717) is 39.0 Å². The van der Waals surface area contributed by atoms with Crippen LogP contribution in [0.15, 0.2) is 42.5 Å². The van der Waals surface area contributed by atoms with E-state index in [1.807, 2.05) is 47.4 Å². The number of nitrogens with one attached hydrogen (secondary N) is 1. The molecule has 2 aliphatic rings. The third-order valence-corrected chi connectivity index (χ3v) is 6.13. The van der Waals surface area contributed by atoms with E-state index in [-0.39, 0.29) is 17.9 Å². The third-order valence-electron chi connectivity index (χ3n) is 6.13. The van der Waals surface area contributed by atoms with Gasteiger partial charge in [-0.05, 0) is 55.5 Å². The number of para-hydroxylation sites is 1. The van der Waals surface area contributed by atoms with Crippen LogP contribution in [0.3, 0.4) is 0 Å². The molecule has 0 aliphatic carbocycles. The number of fused-ring (bicyclic) bond motifs is 1. The first kappa shape index (κ1) is 23.1. The summed E-state index contributed by atoms with van der Waals surface area (Å²) in [6.07, 6.45) is 4.37. The Labute approximate surface area is 195 Å². The van der Waals surface area contributed by atoms with E-state index in [1.165, 1.54) is 0 Å². The molecule has 0 aromatic heterocycles. The number of nitrogens with zero attached hydrogens (tertiary/aromatic N) is 1. The molecule has 1 fully saturated rings. The Balaban J connectivity index is 1.31. The van der Waals surface area contributed by atoms with Crippen molar-refractivity contribution in [2.45, 2.75) is 51.2 Å². The lowest BCUT2D eigenvalue weighted by Crippen LogP contribution is -2.37. The summed E-state index contributed by atoms with van der Waals surface area (Å²) in [5.74, 6) is 1.70. The van der Waals surface area contributed by atoms with Crippen LogP contribution in [0, 0.1) is 0 Å². The van der Waals surface area contributed by atoms with Gasteiger partial charge in [0.15, 0.2) is 0 Å². The van der Waals surface area contributed by atoms with Gasteiger partial charge in [-0.1, -0.05) is 18.2 Å². The quantitative estimate of drug-likeness (QED) is 0.553. The minimum atomic E-state index is 0.0513. The number of aryl methyl sites for hydroxylation is 1. The molecule has 4 rings (SSSR count). The predicted octanol–water partition coefficient (Wildman–Crippen LogP) is 3.95. The molecule has 1 unspecified atom stereocenters. The van der Waals surface area contributed by atoms with Gasteiger partial charge in [0.05, 0.1) is 19.8 Å². The highest BCUT2D eigenvalue weighted by Gasteiger charge is 2.23. The zero-order valence-electron chi connectivity index (χ0n) is 19.2. The smallest absolute Gasteiger partial charge is 0.224 e. The second-order valence-electron chi connectivity index (χ2n) is 8.54. The molecule has 2 amide bonds. The molecule has 0 saturated carbocycles. The van der Waals surface area contributed by atoms with Crippen LogP contribution >= 0.6 is 0 Å². The summed E-state index contributed by atoms with van der Waals surface area (Å²) < 4.78 is 17.2. The molecule has 0 spiro atoms. The fraction of sp³-hybridized carbons (Fsp3) is 0.462. The van der Waals surface area contributed by atoms with Crippen molar-refractivity contribution in [1.29, 1.82) is 0 Å². The minimum absolute atomic E-state index is 0.0513. The van der Waals surface area contributed by atoms with Gasteiger partial charge in [-0.15, -0.1) is 0 Å². The lowest BCUT2D eigenvalue weighted by Gasteiger charge is -2.26. The van der Waals surface area contributed by atoms with Crippen LogP contribution in [0.25, 0.3) is 0 Å². The maximum absolute atomic E-state index is 13.1. The maximum Gasteiger partial charge on any atom is 0.224 e. The van der Waals surface area contributed by atoms with Crippen LogP contribution in [0.1, 0.15) is 43.2 Å². The van der Waals surface area contributed by atoms with Crippen molar-refractivity contribution in [3.63, 3.8) is 0 Å². The van der Waals surface area contributed by atoms with Crippen LogP contribution in [-0.4, -0.2) is 49.7 Å². The standard InChI is InChI=1S/C26H32N2O5/c1-31-24-8-3-2-6-20(24)17-28(18-22-7-4-14-33-22)26(30)9-5-15-32-21-11-12-23-19(16-21)10-13-25(29)27-23/h2-3,6,8,11-12,16,22H,4-5,7,9-10,13-15,17-18H2,1H3,(H,27,29). The largest absolute Gasteiger partial charge is 0.496 e. The number of rotatable bonds is 10. The molecule has 0 radical (unpaired) electrons. The second-order valence-corrected chi connectivity index (χ2v) is 8.54. The summed E-state index contributed by atoms with van der Waals surface area (Å²) in [5.41, 5.74) is 2.93. The number of benzene rings is 2. The number of carbonyl (C=O) groups excluding carboxylic acids is 2. The van der Waals surface area contributed by atoms with E-state index in [0.717, 1.165) is 54.2 Å². The summed E-state index contributed by atoms with van der Waals surface area (Å²) >= 11 is 0. The molecule has 33 heavy (non-hydrogen) atoms. The number of hydrogen-bond donors (Lipinski definition) is 1. The molecule has 2 aliphatic heterocycles. The van der Waals surface area contributed by atoms with Crippen molar-refractivity contribution >= 4 is 17.5 Å². The van der Waals surface area contributed by atoms with Gasteiger partial charge < -0.3 is 24.4 Å². The van der Waals surface area contributed by atoms with Gasteiger partial charge in [-0.2, -0.15) is 0 Å². The van der Waals surface area contributed by atoms with Crippen LogP contribution in [0.5, 0.6) is 11.5 Å². The Morgan fingerprint density at radius 1 is 1.21 bits per heavy atom. The molecule has 7 heteroatoms. The topological polar surface area (TPSA) is 77.1 Å². The Morgan fingerprint density at radius 2 is 2.09 bits per heavy atom. The van der Waals surface area contributed by atoms with Crippen molar-refractivity contribution < 1.29 is 23.8 Å². The summed E-state index contributed by atoms with van der Waals surface area (Å²) in [6, 6.07) is 13.5. The van der Waals surface area contributed by atoms with Gasteiger partial charge in [0.2, 0.25) is 11.8 Å². The van der Waals surface area contributed by atoms with Crippen molar-refractivity contribution in [2.24, 2.45) is 0 Å². The van der Waals surface area contributed by atoms with Gasteiger partial charge in [0.1, 0.15) is 11.5 Å². The number of ether oxygens (including phenoxy) is 3. The predicted molar refractivity (Wildman–Crippen MR) is 126 cm³/mol. The lowest BCUT2D eigenvalue weighted by atomic mass is 10.0. The molecule has 1 saturated heterocycles. The third kappa shape index (κ3) is 6.26. The van der Waals surface area contributed by atoms with Crippen LogP contribution in [-0.2, 0) is 27.3 Å². The molecular formula is C26H32N2O5. The maximum atomic E-state index is 13.1. The van der Waals surface area contributed by atoms with Crippen LogP contribution < -0.4 is 14.8 Å². The minimum Gasteiger partial charge on any atom is -0.496 e. The SMILES string of the molecule is COc1ccccc1CN(CC1CCCO1)C(=O)CCCOc1ccc2c(c1)CCC(=O)N2. The number of anilines is 1. The fourth-order valence-electron chi connectivity index (χ4n) is 4.35. The average Bonchev–Trinajstić information content (AvgIpc) is 3.35. The Kier molecular flexibility index (Phi) is 7.83. The molecule has 1 N–H and O–H groups in total. The fourth-order valence-corrected chi connectivity index (χ4v) is 4.35. The van der Waals surface area contributed by atoms with Gasteiger partial charge in [-0.3, -0.25) is 9.59 Å². The molecule has 2 aromatic rings. The molecule has 0 bridgehead atoms. The molecule has 7 nitrogen and oxygen atoms in total. The van der Waals surface area contributed by atoms with Crippen molar-refractivity contribution in [3.05, 3.63) is 53.6 Å². The highest BCUT2D eigenvalue weighted by molar-refractivity contribution is 5.94. The van der Waals surface area contributed by atoms with Crippen LogP contribution in [0.4, 0.5) is 5.69 Å². The normalized spacial score (nSPS) is 17.2. The summed E-state index contributed by atoms with van der Waals surface area (Å²) in [6.45, 7) is 2.31. The van der Waals surface area contributed by atoms with Gasteiger partial charge >= 0.3 is 0 Å². The van der Waals surface area contributed by atoms with E-state index >= 15 is 0 Å². The Bertz CT molecular complexity index is 971. The number of hydrogen-bond acceptors (Lipinski definition) is 5. The average molecular weight is 453 g/mol. The zero-order chi connectivity index (χ0) is 23.0. The molecule has 2 aromatic carbocycles. The monoisotopic (exact) mass is 452 g/mol. The second kappa shape index (κ2) is 11.2. The van der Waals surface area contributed by atoms with E-state index < -0.39 is 0 Å². The molecule has 176 valence electrons. The van der Waals surface area contributed by atoms with Gasteiger partial charge in [-0.25, -0.2) is 0 Å². The van der Waals surface area contributed by atoms with E-state index in [2.05, 4.69) is 5.32 Å². The van der Waals surface area contributed by atoms with Crippen molar-refractivity contribution in [3.8, 4) is 11.5 Å². The Hall–Kier alpha value is -3.06. The first-order chi connectivity index (χ1) is 16.1. The number of methoxy groups -OCH3 is 1. The van der Waals surface area contributed by atoms with Crippen molar-refractivity contribution in [2.75, 3.05) is 32.2 Å². The summed E-state index contributed by atoms with van der Waals surface area (Å²) in [7, 11) is 1.65. The molecular weight excluding hydrogens is 420 g/mol. The van der Waals surface area contributed by atoms with E-state index in [1.54, 1.807) is 7.11 Å². The van der Waals surface area contributed by atoms with Gasteiger partial charge in [0, 0.05) is 43.8 Å². The number of amides is 2. The van der Waals surface area contributed by atoms with Gasteiger partial charge in [0.25, 0.3) is 0 Å². The molecule has 2 heterocycles. The van der Waals surface area contributed by atoms with E-state index in [4.69, 9.17) is 14.2 Å². The van der Waals surface area contributed by atoms with Crippen molar-refractivity contribution in [1.82, 2.24) is 4.90 Å². The first-order valence-electron chi connectivity index (χ1n) is 11.7. The first-order valence-corrected chi connectivity index (χ1v) is 11.7.